The minimum atomic E-state index is -1.01. The molecule has 2 amide bonds. The van der Waals surface area contributed by atoms with Crippen molar-refractivity contribution in [3.8, 4) is 5.69 Å². The van der Waals surface area contributed by atoms with Crippen LogP contribution in [0.25, 0.3) is 16.6 Å². The molecule has 8 rings (SSSR count). The van der Waals surface area contributed by atoms with E-state index < -0.39 is 17.4 Å². The zero-order valence-electron chi connectivity index (χ0n) is 19.7. The average molecular weight is 509 g/mol. The number of carbonyl (C=O) groups is 2. The predicted octanol–water partition coefficient (Wildman–Crippen LogP) is 3.88. The molecule has 1 spiro atoms. The number of nitrogens with zero attached hydrogens (tertiary/aromatic N) is 4. The van der Waals surface area contributed by atoms with Crippen LogP contribution >= 0.6 is 11.6 Å². The van der Waals surface area contributed by atoms with Crippen LogP contribution in [0.1, 0.15) is 24.2 Å². The molecule has 5 heterocycles. The quantitative estimate of drug-likeness (QED) is 0.365. The zero-order chi connectivity index (χ0) is 25.1. The number of fused-ring (bicyclic) bond motifs is 11. The van der Waals surface area contributed by atoms with Gasteiger partial charge in [-0.2, -0.15) is 0 Å². The van der Waals surface area contributed by atoms with Gasteiger partial charge in [-0.15, -0.1) is 0 Å². The molecule has 0 saturated carbocycles. The van der Waals surface area contributed by atoms with Crippen LogP contribution in [0.5, 0.6) is 0 Å². The molecule has 3 aromatic carbocycles. The normalized spacial score (nSPS) is 27.7. The van der Waals surface area contributed by atoms with E-state index in [2.05, 4.69) is 4.90 Å². The highest BCUT2D eigenvalue weighted by atomic mass is 35.5. The van der Waals surface area contributed by atoms with Crippen molar-refractivity contribution in [2.45, 2.75) is 24.4 Å². The fourth-order valence-electron chi connectivity index (χ4n) is 7.48. The number of para-hydroxylation sites is 2. The number of amides is 2. The van der Waals surface area contributed by atoms with E-state index >= 15 is 0 Å². The lowest BCUT2D eigenvalue weighted by Gasteiger charge is -2.38. The summed E-state index contributed by atoms with van der Waals surface area (Å²) in [5.74, 6) is -1.17. The number of hydrogen-bond acceptors (Lipinski definition) is 5. The van der Waals surface area contributed by atoms with E-state index in [1.54, 1.807) is 34.9 Å². The summed E-state index contributed by atoms with van der Waals surface area (Å²) in [6, 6.07) is 21.8. The second-order valence-electron chi connectivity index (χ2n) is 10.3. The first-order valence-corrected chi connectivity index (χ1v) is 12.9. The third-order valence-corrected chi connectivity index (χ3v) is 8.94. The van der Waals surface area contributed by atoms with Crippen molar-refractivity contribution in [1.82, 2.24) is 14.5 Å². The predicted molar refractivity (Wildman–Crippen MR) is 139 cm³/mol. The van der Waals surface area contributed by atoms with Crippen LogP contribution in [0.4, 0.5) is 5.69 Å². The summed E-state index contributed by atoms with van der Waals surface area (Å²) in [5, 5.41) is 0.989. The third-order valence-electron chi connectivity index (χ3n) is 8.71. The third kappa shape index (κ3) is 2.42. The Morgan fingerprint density at radius 2 is 1.73 bits per heavy atom. The maximum atomic E-state index is 14.4. The number of halogens is 1. The monoisotopic (exact) mass is 508 g/mol. The second kappa shape index (κ2) is 7.15. The molecule has 1 aromatic heterocycles. The zero-order valence-corrected chi connectivity index (χ0v) is 20.4. The molecule has 0 N–H and O–H groups in total. The Balaban J connectivity index is 1.46. The first-order valence-electron chi connectivity index (χ1n) is 12.6. The molecule has 0 unspecified atom stereocenters. The van der Waals surface area contributed by atoms with E-state index in [0.717, 1.165) is 30.6 Å². The Bertz CT molecular complexity index is 1750. The Kier molecular flexibility index (Phi) is 4.11. The maximum Gasteiger partial charge on any atom is 0.266 e. The minimum Gasteiger partial charge on any atom is -0.283 e. The largest absolute Gasteiger partial charge is 0.283 e. The first kappa shape index (κ1) is 21.3. The van der Waals surface area contributed by atoms with Crippen molar-refractivity contribution in [3.63, 3.8) is 0 Å². The molecule has 4 aliphatic rings. The SMILES string of the molecule is O=C1[C@H]2[C@@H]3CCCN3[C@]3(c4ccccc4-n4c3nc3ccccc3c4=O)[C@H]2C(=O)N1c1cccc(Cl)c1. The van der Waals surface area contributed by atoms with Gasteiger partial charge in [0.1, 0.15) is 11.4 Å². The van der Waals surface area contributed by atoms with Crippen LogP contribution in [0.15, 0.2) is 77.6 Å². The lowest BCUT2D eigenvalue weighted by molar-refractivity contribution is -0.124. The summed E-state index contributed by atoms with van der Waals surface area (Å²) in [7, 11) is 0. The minimum absolute atomic E-state index is 0.117. The van der Waals surface area contributed by atoms with Crippen molar-refractivity contribution >= 4 is 40.0 Å². The van der Waals surface area contributed by atoms with Gasteiger partial charge in [-0.1, -0.05) is 48.0 Å². The molecule has 37 heavy (non-hydrogen) atoms. The van der Waals surface area contributed by atoms with E-state index in [9.17, 15) is 14.4 Å². The van der Waals surface area contributed by atoms with E-state index in [-0.39, 0.29) is 23.4 Å². The summed E-state index contributed by atoms with van der Waals surface area (Å²) >= 11 is 6.25. The number of rotatable bonds is 1. The lowest BCUT2D eigenvalue weighted by atomic mass is 9.75. The number of aromatic nitrogens is 2. The molecule has 3 fully saturated rings. The highest BCUT2D eigenvalue weighted by Gasteiger charge is 2.73. The molecular weight excluding hydrogens is 488 g/mol. The van der Waals surface area contributed by atoms with Crippen LogP contribution in [0, 0.1) is 11.8 Å². The fourth-order valence-corrected chi connectivity index (χ4v) is 7.67. The second-order valence-corrected chi connectivity index (χ2v) is 10.7. The molecule has 0 radical (unpaired) electrons. The molecule has 3 saturated heterocycles. The van der Waals surface area contributed by atoms with Gasteiger partial charge in [0.05, 0.1) is 34.1 Å². The molecule has 4 atom stereocenters. The summed E-state index contributed by atoms with van der Waals surface area (Å²) in [4.78, 5) is 51.0. The summed E-state index contributed by atoms with van der Waals surface area (Å²) in [5.41, 5.74) is 1.50. The molecule has 4 aliphatic heterocycles. The molecular formula is C29H21ClN4O3. The van der Waals surface area contributed by atoms with Crippen molar-refractivity contribution in [3.05, 3.63) is 99.6 Å². The van der Waals surface area contributed by atoms with E-state index in [1.165, 1.54) is 4.90 Å². The van der Waals surface area contributed by atoms with Gasteiger partial charge in [0.2, 0.25) is 11.8 Å². The van der Waals surface area contributed by atoms with Crippen LogP contribution in [-0.4, -0.2) is 38.9 Å². The van der Waals surface area contributed by atoms with Gasteiger partial charge in [-0.05, 0) is 55.8 Å². The summed E-state index contributed by atoms with van der Waals surface area (Å²) < 4.78 is 1.68. The summed E-state index contributed by atoms with van der Waals surface area (Å²) in [6.07, 6.45) is 1.72. The van der Waals surface area contributed by atoms with Crippen LogP contribution in [0.3, 0.4) is 0 Å². The van der Waals surface area contributed by atoms with E-state index in [1.807, 2.05) is 42.5 Å². The molecule has 0 aliphatic carbocycles. The number of hydrogen-bond donors (Lipinski definition) is 0. The summed E-state index contributed by atoms with van der Waals surface area (Å²) in [6.45, 7) is 0.729. The maximum absolute atomic E-state index is 14.4. The molecule has 4 aromatic rings. The van der Waals surface area contributed by atoms with Crippen LogP contribution < -0.4 is 10.5 Å². The van der Waals surface area contributed by atoms with Crippen molar-refractivity contribution in [1.29, 1.82) is 0 Å². The number of imide groups is 1. The number of anilines is 1. The highest BCUT2D eigenvalue weighted by Crippen LogP contribution is 2.62. The highest BCUT2D eigenvalue weighted by molar-refractivity contribution is 6.31. The van der Waals surface area contributed by atoms with Gasteiger partial charge in [-0.3, -0.25) is 23.9 Å². The van der Waals surface area contributed by atoms with Crippen LogP contribution in [-0.2, 0) is 15.1 Å². The Hall–Kier alpha value is -3.81. The fraction of sp³-hybridized carbons (Fsp3) is 0.241. The Morgan fingerprint density at radius 1 is 0.919 bits per heavy atom. The average Bonchev–Trinajstić information content (AvgIpc) is 3.61. The standard InChI is InChI=1S/C29H21ClN4O3/c30-16-7-5-8-17(15-16)33-26(36)23-22-13-6-14-32(22)29(24(23)27(33)37)19-10-2-4-12-21(19)34-25(35)18-9-1-3-11-20(18)31-28(29)34/h1-5,7-12,15,22-24H,6,13-14H2/t22-,23-,24+,29+/m0/s1. The number of carbonyl (C=O) groups excluding carboxylic acids is 2. The van der Waals surface area contributed by atoms with Gasteiger partial charge < -0.3 is 0 Å². The Morgan fingerprint density at radius 3 is 2.59 bits per heavy atom. The first-order chi connectivity index (χ1) is 18.0. The van der Waals surface area contributed by atoms with Gasteiger partial charge in [-0.25, -0.2) is 9.88 Å². The van der Waals surface area contributed by atoms with Crippen molar-refractivity contribution in [2.75, 3.05) is 11.4 Å². The number of benzene rings is 3. The van der Waals surface area contributed by atoms with E-state index in [0.29, 0.717) is 27.4 Å². The van der Waals surface area contributed by atoms with Crippen molar-refractivity contribution in [2.24, 2.45) is 11.8 Å². The Labute approximate surface area is 216 Å². The lowest BCUT2D eigenvalue weighted by Crippen LogP contribution is -2.51. The van der Waals surface area contributed by atoms with Gasteiger partial charge in [0.15, 0.2) is 0 Å². The topological polar surface area (TPSA) is 75.5 Å². The smallest absolute Gasteiger partial charge is 0.266 e. The molecule has 182 valence electrons. The van der Waals surface area contributed by atoms with Crippen LogP contribution in [0.2, 0.25) is 5.02 Å². The van der Waals surface area contributed by atoms with Gasteiger partial charge in [0.25, 0.3) is 5.56 Å². The molecule has 0 bridgehead atoms. The van der Waals surface area contributed by atoms with Crippen molar-refractivity contribution < 1.29 is 9.59 Å². The van der Waals surface area contributed by atoms with E-state index in [4.69, 9.17) is 16.6 Å². The molecule has 8 heteroatoms. The van der Waals surface area contributed by atoms with Gasteiger partial charge >= 0.3 is 0 Å². The van der Waals surface area contributed by atoms with Gasteiger partial charge in [0, 0.05) is 16.6 Å². The molecule has 7 nitrogen and oxygen atoms in total.